The Hall–Kier alpha value is -2.31. The SMILES string of the molecule is CCOc1ccc(CNc2nnnn2CC)cc1OC. The van der Waals surface area contributed by atoms with Crippen molar-refractivity contribution in [1.29, 1.82) is 0 Å². The molecule has 0 aliphatic heterocycles. The van der Waals surface area contributed by atoms with Gasteiger partial charge in [-0.15, -0.1) is 0 Å². The molecule has 0 atom stereocenters. The summed E-state index contributed by atoms with van der Waals surface area (Å²) in [4.78, 5) is 0. The molecule has 0 aliphatic rings. The summed E-state index contributed by atoms with van der Waals surface area (Å²) < 4.78 is 12.5. The number of rotatable bonds is 7. The average Bonchev–Trinajstić information content (AvgIpc) is 2.94. The van der Waals surface area contributed by atoms with Crippen molar-refractivity contribution >= 4 is 5.95 Å². The molecule has 1 aromatic carbocycles. The number of nitrogens with zero attached hydrogens (tertiary/aromatic N) is 4. The van der Waals surface area contributed by atoms with E-state index in [4.69, 9.17) is 9.47 Å². The zero-order valence-electron chi connectivity index (χ0n) is 12.0. The molecule has 0 saturated carbocycles. The van der Waals surface area contributed by atoms with Crippen molar-refractivity contribution in [2.45, 2.75) is 26.9 Å². The molecule has 0 fully saturated rings. The molecule has 2 aromatic rings. The van der Waals surface area contributed by atoms with Crippen LogP contribution in [0.1, 0.15) is 19.4 Å². The minimum absolute atomic E-state index is 0.610. The summed E-state index contributed by atoms with van der Waals surface area (Å²) in [7, 11) is 1.63. The molecule has 1 N–H and O–H groups in total. The third-order valence-electron chi connectivity index (χ3n) is 2.81. The van der Waals surface area contributed by atoms with E-state index in [1.54, 1.807) is 11.8 Å². The highest BCUT2D eigenvalue weighted by Crippen LogP contribution is 2.28. The summed E-state index contributed by atoms with van der Waals surface area (Å²) >= 11 is 0. The summed E-state index contributed by atoms with van der Waals surface area (Å²) in [6.07, 6.45) is 0. The maximum absolute atomic E-state index is 5.49. The molecule has 1 aromatic heterocycles. The Labute approximate surface area is 117 Å². The minimum Gasteiger partial charge on any atom is -0.493 e. The second kappa shape index (κ2) is 6.74. The van der Waals surface area contributed by atoms with Crippen molar-refractivity contribution in [3.8, 4) is 11.5 Å². The Morgan fingerprint density at radius 3 is 2.80 bits per heavy atom. The molecule has 2 rings (SSSR count). The second-order valence-corrected chi connectivity index (χ2v) is 4.09. The van der Waals surface area contributed by atoms with Crippen molar-refractivity contribution in [2.24, 2.45) is 0 Å². The van der Waals surface area contributed by atoms with Gasteiger partial charge in [0.05, 0.1) is 13.7 Å². The Bertz CT molecular complexity index is 555. The number of nitrogens with one attached hydrogen (secondary N) is 1. The molecule has 0 radical (unpaired) electrons. The number of methoxy groups -OCH3 is 1. The van der Waals surface area contributed by atoms with Crippen LogP contribution in [0.15, 0.2) is 18.2 Å². The van der Waals surface area contributed by atoms with Crippen molar-refractivity contribution in [2.75, 3.05) is 19.0 Å². The van der Waals surface area contributed by atoms with E-state index in [1.807, 2.05) is 32.0 Å². The van der Waals surface area contributed by atoms with Crippen LogP contribution in [-0.2, 0) is 13.1 Å². The minimum atomic E-state index is 0.610. The highest BCUT2D eigenvalue weighted by Gasteiger charge is 2.07. The summed E-state index contributed by atoms with van der Waals surface area (Å²) in [6.45, 7) is 5.88. The van der Waals surface area contributed by atoms with E-state index in [0.717, 1.165) is 23.6 Å². The van der Waals surface area contributed by atoms with Gasteiger partial charge in [-0.25, -0.2) is 4.68 Å². The predicted octanol–water partition coefficient (Wildman–Crippen LogP) is 1.71. The zero-order chi connectivity index (χ0) is 14.4. The Kier molecular flexibility index (Phi) is 4.75. The number of benzene rings is 1. The monoisotopic (exact) mass is 277 g/mol. The number of aryl methyl sites for hydroxylation is 1. The lowest BCUT2D eigenvalue weighted by Gasteiger charge is -2.11. The van der Waals surface area contributed by atoms with Gasteiger partial charge >= 0.3 is 0 Å². The lowest BCUT2D eigenvalue weighted by molar-refractivity contribution is 0.310. The number of aromatic nitrogens is 4. The van der Waals surface area contributed by atoms with Crippen LogP contribution in [0.5, 0.6) is 11.5 Å². The first kappa shape index (κ1) is 14.1. The molecule has 0 unspecified atom stereocenters. The van der Waals surface area contributed by atoms with Crippen LogP contribution in [0.2, 0.25) is 0 Å². The molecular weight excluding hydrogens is 258 g/mol. The number of hydrogen-bond donors (Lipinski definition) is 1. The first-order chi connectivity index (χ1) is 9.78. The highest BCUT2D eigenvalue weighted by molar-refractivity contribution is 5.43. The number of anilines is 1. The fourth-order valence-corrected chi connectivity index (χ4v) is 1.82. The lowest BCUT2D eigenvalue weighted by Crippen LogP contribution is -2.08. The van der Waals surface area contributed by atoms with Crippen LogP contribution in [0.3, 0.4) is 0 Å². The third kappa shape index (κ3) is 3.17. The smallest absolute Gasteiger partial charge is 0.243 e. The Balaban J connectivity index is 2.06. The van der Waals surface area contributed by atoms with Crippen molar-refractivity contribution < 1.29 is 9.47 Å². The van der Waals surface area contributed by atoms with Crippen LogP contribution in [0.25, 0.3) is 0 Å². The third-order valence-corrected chi connectivity index (χ3v) is 2.81. The maximum atomic E-state index is 5.49. The molecule has 20 heavy (non-hydrogen) atoms. The topological polar surface area (TPSA) is 74.1 Å². The standard InChI is InChI=1S/C13H19N5O2/c1-4-18-13(15-16-17-18)14-9-10-6-7-11(20-5-2)12(8-10)19-3/h6-8H,4-5,9H2,1-3H3,(H,14,15,17). The van der Waals surface area contributed by atoms with Gasteiger partial charge < -0.3 is 14.8 Å². The lowest BCUT2D eigenvalue weighted by atomic mass is 10.2. The molecule has 0 amide bonds. The van der Waals surface area contributed by atoms with Crippen LogP contribution in [0, 0.1) is 0 Å². The van der Waals surface area contributed by atoms with Gasteiger partial charge in [-0.3, -0.25) is 0 Å². The average molecular weight is 277 g/mol. The zero-order valence-corrected chi connectivity index (χ0v) is 12.0. The first-order valence-electron chi connectivity index (χ1n) is 6.58. The number of ether oxygens (including phenoxy) is 2. The van der Waals surface area contributed by atoms with Gasteiger partial charge in [0.15, 0.2) is 11.5 Å². The van der Waals surface area contributed by atoms with Gasteiger partial charge in [0.1, 0.15) is 0 Å². The van der Waals surface area contributed by atoms with Gasteiger partial charge in [0.2, 0.25) is 5.95 Å². The van der Waals surface area contributed by atoms with E-state index < -0.39 is 0 Å². The normalized spacial score (nSPS) is 10.3. The van der Waals surface area contributed by atoms with E-state index in [0.29, 0.717) is 19.1 Å². The quantitative estimate of drug-likeness (QED) is 0.830. The van der Waals surface area contributed by atoms with Crippen LogP contribution >= 0.6 is 0 Å². The Morgan fingerprint density at radius 2 is 2.10 bits per heavy atom. The molecule has 0 spiro atoms. The van der Waals surface area contributed by atoms with Gasteiger partial charge in [0, 0.05) is 13.1 Å². The van der Waals surface area contributed by atoms with Gasteiger partial charge in [-0.1, -0.05) is 11.2 Å². The Morgan fingerprint density at radius 1 is 1.25 bits per heavy atom. The molecule has 1 heterocycles. The molecule has 0 bridgehead atoms. The molecule has 0 aliphatic carbocycles. The van der Waals surface area contributed by atoms with Crippen LogP contribution < -0.4 is 14.8 Å². The predicted molar refractivity (Wildman–Crippen MR) is 75.0 cm³/mol. The second-order valence-electron chi connectivity index (χ2n) is 4.09. The molecule has 7 nitrogen and oxygen atoms in total. The van der Waals surface area contributed by atoms with Crippen molar-refractivity contribution in [3.05, 3.63) is 23.8 Å². The van der Waals surface area contributed by atoms with Crippen molar-refractivity contribution in [1.82, 2.24) is 20.2 Å². The fourth-order valence-electron chi connectivity index (χ4n) is 1.82. The number of hydrogen-bond acceptors (Lipinski definition) is 6. The first-order valence-corrected chi connectivity index (χ1v) is 6.58. The fraction of sp³-hybridized carbons (Fsp3) is 0.462. The van der Waals surface area contributed by atoms with E-state index in [9.17, 15) is 0 Å². The van der Waals surface area contributed by atoms with Crippen molar-refractivity contribution in [3.63, 3.8) is 0 Å². The van der Waals surface area contributed by atoms with Gasteiger partial charge in [-0.2, -0.15) is 0 Å². The van der Waals surface area contributed by atoms with Gasteiger partial charge in [0.25, 0.3) is 0 Å². The summed E-state index contributed by atoms with van der Waals surface area (Å²) in [5.74, 6) is 2.12. The molecule has 0 saturated heterocycles. The molecule has 108 valence electrons. The van der Waals surface area contributed by atoms with E-state index in [1.165, 1.54) is 0 Å². The number of tetrazole rings is 1. The highest BCUT2D eigenvalue weighted by atomic mass is 16.5. The molecular formula is C13H19N5O2. The summed E-state index contributed by atoms with van der Waals surface area (Å²) in [5.41, 5.74) is 1.07. The summed E-state index contributed by atoms with van der Waals surface area (Å²) in [6, 6.07) is 5.83. The van der Waals surface area contributed by atoms with Gasteiger partial charge in [-0.05, 0) is 42.0 Å². The van der Waals surface area contributed by atoms with E-state index >= 15 is 0 Å². The van der Waals surface area contributed by atoms with Crippen LogP contribution in [-0.4, -0.2) is 33.9 Å². The van der Waals surface area contributed by atoms with E-state index in [-0.39, 0.29) is 0 Å². The van der Waals surface area contributed by atoms with Crippen LogP contribution in [0.4, 0.5) is 5.95 Å². The van der Waals surface area contributed by atoms with E-state index in [2.05, 4.69) is 20.8 Å². The molecule has 7 heteroatoms. The largest absolute Gasteiger partial charge is 0.493 e. The summed E-state index contributed by atoms with van der Waals surface area (Å²) in [5, 5.41) is 14.6. The maximum Gasteiger partial charge on any atom is 0.243 e.